The van der Waals surface area contributed by atoms with Crippen molar-refractivity contribution in [3.05, 3.63) is 0 Å². The Balaban J connectivity index is 1.62. The van der Waals surface area contributed by atoms with Gasteiger partial charge in [-0.05, 0) is 44.7 Å². The average molecular weight is 197 g/mol. The third-order valence-corrected chi connectivity index (χ3v) is 3.74. The molecule has 3 heteroatoms. The van der Waals surface area contributed by atoms with Crippen molar-refractivity contribution in [2.75, 3.05) is 19.6 Å². The Labute approximate surface area is 86.8 Å². The minimum Gasteiger partial charge on any atom is -0.326 e. The van der Waals surface area contributed by atoms with Crippen molar-refractivity contribution < 1.29 is 0 Å². The van der Waals surface area contributed by atoms with Gasteiger partial charge in [-0.3, -0.25) is 0 Å². The van der Waals surface area contributed by atoms with Gasteiger partial charge in [0.05, 0.1) is 0 Å². The lowest BCUT2D eigenvalue weighted by Gasteiger charge is -2.32. The van der Waals surface area contributed by atoms with Crippen LogP contribution in [0.3, 0.4) is 0 Å². The number of piperidine rings is 1. The average Bonchev–Trinajstić information content (AvgIpc) is 2.16. The molecule has 2 rings (SSSR count). The molecule has 0 radical (unpaired) electrons. The molecule has 82 valence electrons. The first kappa shape index (κ1) is 10.4. The molecule has 1 saturated carbocycles. The van der Waals surface area contributed by atoms with Gasteiger partial charge >= 0.3 is 0 Å². The normalized spacial score (nSPS) is 27.2. The molecule has 0 aromatic rings. The summed E-state index contributed by atoms with van der Waals surface area (Å²) < 4.78 is 0. The minimum atomic E-state index is 0.373. The van der Waals surface area contributed by atoms with Crippen LogP contribution in [0, 0.1) is 5.92 Å². The summed E-state index contributed by atoms with van der Waals surface area (Å²) in [5.41, 5.74) is 6.19. The lowest BCUT2D eigenvalue weighted by molar-refractivity contribution is 0.277. The Morgan fingerprint density at radius 2 is 1.93 bits per heavy atom. The minimum absolute atomic E-state index is 0.373. The highest BCUT2D eigenvalue weighted by Gasteiger charge is 2.22. The molecule has 2 aliphatic rings. The number of hydrogen-bond donors (Lipinski definition) is 3. The van der Waals surface area contributed by atoms with Crippen LogP contribution in [0.25, 0.3) is 0 Å². The van der Waals surface area contributed by atoms with Crippen LogP contribution >= 0.6 is 0 Å². The maximum Gasteiger partial charge on any atom is 0.0194 e. The summed E-state index contributed by atoms with van der Waals surface area (Å²) in [7, 11) is 0. The second-order valence-corrected chi connectivity index (χ2v) is 4.79. The van der Waals surface area contributed by atoms with Gasteiger partial charge in [-0.1, -0.05) is 6.42 Å². The van der Waals surface area contributed by atoms with Crippen LogP contribution in [0.1, 0.15) is 32.1 Å². The van der Waals surface area contributed by atoms with Gasteiger partial charge in [0.2, 0.25) is 0 Å². The molecule has 0 amide bonds. The second kappa shape index (κ2) is 5.10. The second-order valence-electron chi connectivity index (χ2n) is 4.79. The van der Waals surface area contributed by atoms with E-state index in [1.807, 2.05) is 0 Å². The van der Waals surface area contributed by atoms with Crippen molar-refractivity contribution in [3.63, 3.8) is 0 Å². The Hall–Kier alpha value is -0.120. The number of nitrogens with one attached hydrogen (secondary N) is 2. The Kier molecular flexibility index (Phi) is 3.79. The molecule has 1 saturated heterocycles. The van der Waals surface area contributed by atoms with E-state index in [9.17, 15) is 0 Å². The summed E-state index contributed by atoms with van der Waals surface area (Å²) in [5.74, 6) is 0.740. The fourth-order valence-corrected chi connectivity index (χ4v) is 2.35. The van der Waals surface area contributed by atoms with E-state index >= 15 is 0 Å². The Morgan fingerprint density at radius 1 is 1.21 bits per heavy atom. The fraction of sp³-hybridized carbons (Fsp3) is 1.00. The number of nitrogens with two attached hydrogens (primary N) is 1. The molecule has 4 N–H and O–H groups in total. The molecule has 14 heavy (non-hydrogen) atoms. The van der Waals surface area contributed by atoms with Gasteiger partial charge in [0.15, 0.2) is 0 Å². The third kappa shape index (κ3) is 2.69. The van der Waals surface area contributed by atoms with Gasteiger partial charge in [-0.25, -0.2) is 0 Å². The first-order chi connectivity index (χ1) is 6.86. The molecule has 1 unspecified atom stereocenters. The Morgan fingerprint density at radius 3 is 2.50 bits per heavy atom. The standard InChI is InChI=1S/C11H23N3/c12-11(8-14-10-2-1-3-10)9-4-6-13-7-5-9/h9-11,13-14H,1-8,12H2. The van der Waals surface area contributed by atoms with E-state index in [0.717, 1.165) is 31.6 Å². The van der Waals surface area contributed by atoms with Gasteiger partial charge in [0.25, 0.3) is 0 Å². The van der Waals surface area contributed by atoms with Gasteiger partial charge in [-0.2, -0.15) is 0 Å². The van der Waals surface area contributed by atoms with Crippen molar-refractivity contribution in [2.24, 2.45) is 11.7 Å². The fourth-order valence-electron chi connectivity index (χ4n) is 2.35. The predicted molar refractivity (Wildman–Crippen MR) is 59.2 cm³/mol. The van der Waals surface area contributed by atoms with Gasteiger partial charge in [-0.15, -0.1) is 0 Å². The van der Waals surface area contributed by atoms with Crippen molar-refractivity contribution in [1.82, 2.24) is 10.6 Å². The van der Waals surface area contributed by atoms with E-state index in [2.05, 4.69) is 10.6 Å². The molecule has 1 aliphatic carbocycles. The van der Waals surface area contributed by atoms with E-state index < -0.39 is 0 Å². The van der Waals surface area contributed by atoms with E-state index in [4.69, 9.17) is 5.73 Å². The zero-order valence-corrected chi connectivity index (χ0v) is 8.97. The molecule has 1 heterocycles. The summed E-state index contributed by atoms with van der Waals surface area (Å²) in [6, 6.07) is 1.15. The van der Waals surface area contributed by atoms with E-state index in [1.54, 1.807) is 0 Å². The topological polar surface area (TPSA) is 50.1 Å². The summed E-state index contributed by atoms with van der Waals surface area (Å²) in [6.45, 7) is 3.33. The summed E-state index contributed by atoms with van der Waals surface area (Å²) in [6.07, 6.45) is 6.64. The van der Waals surface area contributed by atoms with Crippen LogP contribution in [0.15, 0.2) is 0 Å². The highest BCUT2D eigenvalue weighted by Crippen LogP contribution is 2.19. The molecule has 0 aromatic carbocycles. The van der Waals surface area contributed by atoms with Crippen molar-refractivity contribution in [1.29, 1.82) is 0 Å². The predicted octanol–water partition coefficient (Wildman–Crippen LogP) is 0.455. The molecule has 0 spiro atoms. The van der Waals surface area contributed by atoms with Crippen LogP contribution in [0.5, 0.6) is 0 Å². The summed E-state index contributed by atoms with van der Waals surface area (Å²) >= 11 is 0. The molecule has 3 nitrogen and oxygen atoms in total. The molecular weight excluding hydrogens is 174 g/mol. The van der Waals surface area contributed by atoms with Crippen LogP contribution in [0.2, 0.25) is 0 Å². The molecular formula is C11H23N3. The van der Waals surface area contributed by atoms with E-state index in [1.165, 1.54) is 32.1 Å². The molecule has 1 atom stereocenters. The van der Waals surface area contributed by atoms with E-state index in [0.29, 0.717) is 6.04 Å². The summed E-state index contributed by atoms with van der Waals surface area (Å²) in [5, 5.41) is 6.95. The maximum atomic E-state index is 6.19. The highest BCUT2D eigenvalue weighted by molar-refractivity contribution is 4.83. The first-order valence-electron chi connectivity index (χ1n) is 6.06. The van der Waals surface area contributed by atoms with Gasteiger partial charge in [0, 0.05) is 18.6 Å². The van der Waals surface area contributed by atoms with Crippen LogP contribution in [-0.2, 0) is 0 Å². The molecule has 1 aliphatic heterocycles. The molecule has 2 fully saturated rings. The lowest BCUT2D eigenvalue weighted by Crippen LogP contribution is -2.48. The van der Waals surface area contributed by atoms with Crippen molar-refractivity contribution in [2.45, 2.75) is 44.2 Å². The smallest absolute Gasteiger partial charge is 0.0194 e. The number of hydrogen-bond acceptors (Lipinski definition) is 3. The highest BCUT2D eigenvalue weighted by atomic mass is 15.0. The van der Waals surface area contributed by atoms with Crippen molar-refractivity contribution in [3.8, 4) is 0 Å². The Bertz CT molecular complexity index is 162. The monoisotopic (exact) mass is 197 g/mol. The lowest BCUT2D eigenvalue weighted by atomic mass is 9.89. The van der Waals surface area contributed by atoms with Crippen LogP contribution < -0.4 is 16.4 Å². The van der Waals surface area contributed by atoms with Crippen molar-refractivity contribution >= 4 is 0 Å². The molecule has 0 bridgehead atoms. The van der Waals surface area contributed by atoms with E-state index in [-0.39, 0.29) is 0 Å². The molecule has 0 aromatic heterocycles. The third-order valence-electron chi connectivity index (χ3n) is 3.74. The summed E-state index contributed by atoms with van der Waals surface area (Å²) in [4.78, 5) is 0. The zero-order valence-electron chi connectivity index (χ0n) is 8.97. The van der Waals surface area contributed by atoms with Gasteiger partial charge < -0.3 is 16.4 Å². The largest absolute Gasteiger partial charge is 0.326 e. The quantitative estimate of drug-likeness (QED) is 0.613. The first-order valence-corrected chi connectivity index (χ1v) is 6.06. The van der Waals surface area contributed by atoms with Gasteiger partial charge in [0.1, 0.15) is 0 Å². The maximum absolute atomic E-state index is 6.19. The zero-order chi connectivity index (χ0) is 9.80. The van der Waals surface area contributed by atoms with Crippen LogP contribution in [-0.4, -0.2) is 31.7 Å². The SMILES string of the molecule is NC(CNC1CCC1)C1CCNCC1. The number of rotatable bonds is 4. The van der Waals surface area contributed by atoms with Crippen LogP contribution in [0.4, 0.5) is 0 Å².